The molecule has 718 valence electrons. The first-order chi connectivity index (χ1) is 67.6. The first kappa shape index (κ1) is 97.5. The number of anilines is 15. The summed E-state index contributed by atoms with van der Waals surface area (Å²) in [5.41, 5.74) is 11.4. The number of likely N-dealkylation sites (N-methyl/N-ethyl adjacent to an activating group) is 2. The van der Waals surface area contributed by atoms with E-state index in [9.17, 15) is 4.79 Å². The minimum atomic E-state index is -0.0362. The molecule has 36 heteroatoms. The number of rotatable bonds is 33. The molecule has 139 heavy (non-hydrogen) atoms. The number of ether oxygens (including phenoxy) is 1. The van der Waals surface area contributed by atoms with Gasteiger partial charge in [-0.3, -0.25) is 9.47 Å². The molecule has 13 heterocycles. The average molecular weight is 1870 g/mol. The lowest BCUT2D eigenvalue weighted by molar-refractivity contribution is -0.00773. The summed E-state index contributed by atoms with van der Waals surface area (Å²) in [6, 6.07) is 77.4. The summed E-state index contributed by atoms with van der Waals surface area (Å²) in [6.45, 7) is 26.1. The number of likely N-dealkylation sites (tertiary alicyclic amines) is 1. The Labute approximate surface area is 810 Å². The smallest absolute Gasteiger partial charge is 0.326 e. The lowest BCUT2D eigenvalue weighted by atomic mass is 9.77. The standard InChI is InChI=1S/C25H24N8O.C23H31N7.C19H25N7.C19H24N6.C17H20N6O/c34-25-29-21-8-4-5-9-22(21)33(25)19-11-14-31(15-12-19)23-16-20(10-13-26-23)32-17-27-24(30-32)28-18-6-2-1-3-7-18;1-22(2)14-18(15-23(3,4)29(22)5)26-20-13-19(11-12-24-20)30-16-25-21(28-30)27-17-9-7-6-8-10-17;1-3-25(4-2)13-12-21-18-14-17(10-11-20-18)26-15-22-19(24-26)23-16-8-6-5-7-9-16;1-15(2)10-12-24(3)18-13-17(9-11-20-18)25-14-21-19(23-25)22-16-7-5-4-6-8-16;1-22(10-11-24-2)16-12-15(8-9-18-16)23-13-19-17(21-23)20-14-6-4-3-5-7-14/h1-10,13,16-17,19H,11-12,14-15H2,(H,28,30)(H,29,34);6-13,16,18H,14-15H2,1-5H3,(H,24,26)(H,27,28);5-11,14-15H,3-4,12-13H2,1-2H3,(H,20,21)(H,23,24);4-9,11,13-15H,10,12H2,1-3H3,(H,22,23);3-9,12-13H,10-11H2,1-2H3,(H,20,21). The Kier molecular flexibility index (Phi) is 33.2. The maximum absolute atomic E-state index is 12.6. The molecule has 2 saturated heterocycles. The van der Waals surface area contributed by atoms with Gasteiger partial charge in [0.05, 0.1) is 46.1 Å². The van der Waals surface area contributed by atoms with Crippen LogP contribution in [0.15, 0.2) is 304 Å². The van der Waals surface area contributed by atoms with Gasteiger partial charge in [0.15, 0.2) is 0 Å². The molecule has 6 aromatic carbocycles. The van der Waals surface area contributed by atoms with Crippen molar-refractivity contribution < 1.29 is 4.74 Å². The number of hydrogen-bond donors (Lipinski definition) is 8. The molecule has 0 bridgehead atoms. The van der Waals surface area contributed by atoms with Crippen LogP contribution in [0, 0.1) is 5.92 Å². The monoisotopic (exact) mass is 1870 g/mol. The van der Waals surface area contributed by atoms with E-state index in [1.165, 1.54) is 0 Å². The second-order valence-corrected chi connectivity index (χ2v) is 35.4. The highest BCUT2D eigenvalue weighted by atomic mass is 16.5. The van der Waals surface area contributed by atoms with E-state index in [-0.39, 0.29) is 22.8 Å². The van der Waals surface area contributed by atoms with Crippen LogP contribution in [0.4, 0.5) is 87.3 Å². The molecule has 11 aromatic heterocycles. The second kappa shape index (κ2) is 47.4. The maximum atomic E-state index is 12.6. The van der Waals surface area contributed by atoms with E-state index in [0.29, 0.717) is 48.3 Å². The van der Waals surface area contributed by atoms with Gasteiger partial charge >= 0.3 is 5.69 Å². The van der Waals surface area contributed by atoms with Gasteiger partial charge in [-0.2, -0.15) is 24.9 Å². The second-order valence-electron chi connectivity index (χ2n) is 35.4. The highest BCUT2D eigenvalue weighted by Gasteiger charge is 2.43. The van der Waals surface area contributed by atoms with Crippen molar-refractivity contribution in [1.29, 1.82) is 0 Å². The van der Waals surface area contributed by atoms with E-state index in [2.05, 4.69) is 207 Å². The van der Waals surface area contributed by atoms with Gasteiger partial charge in [0.1, 0.15) is 60.7 Å². The molecule has 0 unspecified atom stereocenters. The molecule has 2 aliphatic rings. The zero-order valence-electron chi connectivity index (χ0n) is 80.9. The van der Waals surface area contributed by atoms with Gasteiger partial charge in [0.25, 0.3) is 0 Å². The van der Waals surface area contributed by atoms with Crippen LogP contribution in [0.1, 0.15) is 93.5 Å². The van der Waals surface area contributed by atoms with E-state index in [4.69, 9.17) is 4.74 Å². The number of fused-ring (bicyclic) bond motifs is 1. The minimum absolute atomic E-state index is 0.0362. The summed E-state index contributed by atoms with van der Waals surface area (Å²) in [4.78, 5) is 70.9. The number of aromatic nitrogens is 22. The number of pyridine rings is 5. The largest absolute Gasteiger partial charge is 0.383 e. The number of hydrogen-bond acceptors (Lipinski definition) is 29. The van der Waals surface area contributed by atoms with Gasteiger partial charge in [-0.25, -0.2) is 53.1 Å². The van der Waals surface area contributed by atoms with Gasteiger partial charge in [-0.15, -0.1) is 25.5 Å². The Morgan fingerprint density at radius 2 is 0.806 bits per heavy atom. The molecule has 19 rings (SSSR count). The number of nitrogens with zero attached hydrogens (tertiary/aromatic N) is 26. The molecule has 0 spiro atoms. The highest BCUT2D eigenvalue weighted by Crippen LogP contribution is 2.39. The van der Waals surface area contributed by atoms with Crippen LogP contribution in [0.25, 0.3) is 39.5 Å². The summed E-state index contributed by atoms with van der Waals surface area (Å²) in [5, 5.41) is 45.6. The van der Waals surface area contributed by atoms with E-state index in [0.717, 1.165) is 181 Å². The molecule has 0 atom stereocenters. The summed E-state index contributed by atoms with van der Waals surface area (Å²) in [7, 11) is 7.96. The van der Waals surface area contributed by atoms with Crippen LogP contribution >= 0.6 is 0 Å². The van der Waals surface area contributed by atoms with Crippen LogP contribution in [-0.2, 0) is 4.74 Å². The Morgan fingerprint density at radius 3 is 1.22 bits per heavy atom. The van der Waals surface area contributed by atoms with Crippen LogP contribution in [0.3, 0.4) is 0 Å². The van der Waals surface area contributed by atoms with Crippen molar-refractivity contribution >= 4 is 98.3 Å². The lowest BCUT2D eigenvalue weighted by Gasteiger charge is -2.53. The zero-order chi connectivity index (χ0) is 96.9. The number of imidazole rings is 1. The third-order valence-corrected chi connectivity index (χ3v) is 24.1. The SMILES string of the molecule is CC(C)CCN(C)c1cc(-n2cnc(Nc3ccccc3)n2)ccn1.CCN(CC)CCNc1cc(-n2cnc(Nc3ccccc3)n2)ccn1.CN1C(C)(C)CC(Nc2cc(-n3cnc(Nc4ccccc4)n3)ccn2)CC1(C)C.COCCN(C)c1cc(-n2cnc(Nc3ccccc3)n2)ccn1.O=c1[nH]c2ccccc2n1C1CCN(c2cc(-n3cnc(Nc4ccccc4)n3)ccn2)CC1. The number of piperidine rings is 2. The third-order valence-electron chi connectivity index (χ3n) is 24.1. The summed E-state index contributed by atoms with van der Waals surface area (Å²) >= 11 is 0. The van der Waals surface area contributed by atoms with Crippen molar-refractivity contribution in [2.75, 3.05) is 139 Å². The van der Waals surface area contributed by atoms with Crippen molar-refractivity contribution in [3.8, 4) is 28.4 Å². The van der Waals surface area contributed by atoms with Crippen LogP contribution in [0.5, 0.6) is 0 Å². The molecule has 0 radical (unpaired) electrons. The number of nitrogens with one attached hydrogen (secondary N) is 8. The van der Waals surface area contributed by atoms with E-state index in [1.807, 2.05) is 265 Å². The summed E-state index contributed by atoms with van der Waals surface area (Å²) in [5.74, 6) is 7.84. The predicted molar refractivity (Wildman–Crippen MR) is 554 cm³/mol. The van der Waals surface area contributed by atoms with Gasteiger partial charge in [0, 0.05) is 173 Å². The molecule has 0 aliphatic carbocycles. The number of H-pyrrole nitrogens is 1. The van der Waals surface area contributed by atoms with E-state index >= 15 is 0 Å². The fraction of sp³-hybridized carbons (Fsp3) is 0.301. The minimum Gasteiger partial charge on any atom is -0.383 e. The molecular weight excluding hydrogens is 1750 g/mol. The van der Waals surface area contributed by atoms with Gasteiger partial charge in [-0.1, -0.05) is 131 Å². The van der Waals surface area contributed by atoms with Crippen molar-refractivity contribution in [3.63, 3.8) is 0 Å². The number of benzene rings is 6. The van der Waals surface area contributed by atoms with Gasteiger partial charge in [0.2, 0.25) is 29.7 Å². The number of methoxy groups -OCH3 is 1. The Hall–Kier alpha value is -16.1. The molecule has 0 saturated carbocycles. The highest BCUT2D eigenvalue weighted by molar-refractivity contribution is 5.75. The third kappa shape index (κ3) is 27.4. The lowest BCUT2D eigenvalue weighted by Crippen LogP contribution is -2.61. The molecule has 2 aliphatic heterocycles. The van der Waals surface area contributed by atoms with E-state index < -0.39 is 0 Å². The van der Waals surface area contributed by atoms with Gasteiger partial charge in [-0.05, 0) is 189 Å². The zero-order valence-corrected chi connectivity index (χ0v) is 80.9. The molecular formula is C103H124N34O2. The number of aromatic amines is 1. The average Bonchev–Trinajstić information content (AvgIpc) is 1.72. The van der Waals surface area contributed by atoms with Crippen LogP contribution in [0.2, 0.25) is 0 Å². The molecule has 8 N–H and O–H groups in total. The fourth-order valence-electron chi connectivity index (χ4n) is 16.3. The normalized spacial score (nSPS) is 13.4. The van der Waals surface area contributed by atoms with Crippen LogP contribution in [-0.4, -0.2) is 222 Å². The first-order valence-electron chi connectivity index (χ1n) is 47.0. The summed E-state index contributed by atoms with van der Waals surface area (Å²) < 4.78 is 15.7. The Balaban J connectivity index is 0.000000132. The van der Waals surface area contributed by atoms with Crippen LogP contribution < -0.4 is 57.6 Å². The van der Waals surface area contributed by atoms with E-state index in [1.54, 1.807) is 80.7 Å². The van der Waals surface area contributed by atoms with Crippen molar-refractivity contribution in [3.05, 3.63) is 310 Å². The molecule has 36 nitrogen and oxygen atoms in total. The number of para-hydroxylation sites is 7. The summed E-state index contributed by atoms with van der Waals surface area (Å²) in [6.07, 6.45) is 22.5. The molecule has 17 aromatic rings. The first-order valence-corrected chi connectivity index (χ1v) is 47.0. The van der Waals surface area contributed by atoms with Crippen molar-refractivity contribution in [2.45, 2.75) is 111 Å². The van der Waals surface area contributed by atoms with Crippen molar-refractivity contribution in [1.82, 2.24) is 118 Å². The topological polar surface area (TPSA) is 365 Å². The van der Waals surface area contributed by atoms with Crippen molar-refractivity contribution in [2.24, 2.45) is 5.92 Å². The molecule has 2 fully saturated rings. The molecule has 0 amide bonds. The Bertz CT molecular complexity index is 6650. The Morgan fingerprint density at radius 1 is 0.439 bits per heavy atom. The van der Waals surface area contributed by atoms with Gasteiger partial charge < -0.3 is 66.5 Å². The fourth-order valence-corrected chi connectivity index (χ4v) is 16.3. The quantitative estimate of drug-likeness (QED) is 0.0189. The predicted octanol–water partition coefficient (Wildman–Crippen LogP) is 17.9. The maximum Gasteiger partial charge on any atom is 0.326 e.